The van der Waals surface area contributed by atoms with Gasteiger partial charge in [-0.3, -0.25) is 4.79 Å². The summed E-state index contributed by atoms with van der Waals surface area (Å²) in [7, 11) is 0. The number of hydrogen-bond donors (Lipinski definition) is 0. The first-order chi connectivity index (χ1) is 9.95. The van der Waals surface area contributed by atoms with Crippen molar-refractivity contribution in [3.05, 3.63) is 5.53 Å². The number of rotatable bonds is 4. The van der Waals surface area contributed by atoms with Gasteiger partial charge in [-0.05, 0) is 34.6 Å². The highest BCUT2D eigenvalue weighted by atomic mass is 16.8. The van der Waals surface area contributed by atoms with Crippen LogP contribution >= 0.6 is 0 Å². The van der Waals surface area contributed by atoms with Crippen molar-refractivity contribution in [3.63, 3.8) is 0 Å². The molecule has 0 amide bonds. The van der Waals surface area contributed by atoms with Gasteiger partial charge in [0.2, 0.25) is 11.9 Å². The fraction of sp³-hybridized carbons (Fsp3) is 0.786. The van der Waals surface area contributed by atoms with Gasteiger partial charge >= 0.3 is 11.9 Å². The van der Waals surface area contributed by atoms with Crippen LogP contribution in [-0.2, 0) is 23.7 Å². The van der Waals surface area contributed by atoms with Crippen LogP contribution < -0.4 is 0 Å². The van der Waals surface area contributed by atoms with E-state index < -0.39 is 35.5 Å². The van der Waals surface area contributed by atoms with E-state index in [1.54, 1.807) is 34.6 Å². The molecule has 0 aliphatic carbocycles. The SMILES string of the molecule is CC(=O)C(=[N+]=[N-])[C@H](OC(=O)OC(C)(C)C)[C@H]1COC(C)(C)O1. The number of nitrogens with zero attached hydrogens (tertiary/aromatic N) is 2. The van der Waals surface area contributed by atoms with Crippen molar-refractivity contribution in [2.45, 2.75) is 65.1 Å². The topological polar surface area (TPSA) is 107 Å². The number of carbonyl (C=O) groups is 2. The van der Waals surface area contributed by atoms with Crippen LogP contribution in [-0.4, -0.2) is 52.6 Å². The molecule has 0 bridgehead atoms. The smallest absolute Gasteiger partial charge is 0.429 e. The van der Waals surface area contributed by atoms with E-state index in [0.717, 1.165) is 0 Å². The van der Waals surface area contributed by atoms with E-state index in [1.807, 2.05) is 0 Å². The number of carbonyl (C=O) groups excluding carboxylic acids is 2. The lowest BCUT2D eigenvalue weighted by Crippen LogP contribution is -2.44. The Hall–Kier alpha value is -1.76. The predicted octanol–water partition coefficient (Wildman–Crippen LogP) is 1.72. The van der Waals surface area contributed by atoms with Gasteiger partial charge in [0.25, 0.3) is 0 Å². The van der Waals surface area contributed by atoms with Crippen LogP contribution in [0.1, 0.15) is 41.5 Å². The Balaban J connectivity index is 2.96. The van der Waals surface area contributed by atoms with Crippen molar-refractivity contribution in [2.75, 3.05) is 6.61 Å². The summed E-state index contributed by atoms with van der Waals surface area (Å²) in [5, 5.41) is 0. The number of ketones is 1. The zero-order valence-electron chi connectivity index (χ0n) is 13.7. The van der Waals surface area contributed by atoms with Crippen LogP contribution in [0.4, 0.5) is 4.79 Å². The summed E-state index contributed by atoms with van der Waals surface area (Å²) in [6.45, 7) is 9.66. The second-order valence-electron chi connectivity index (χ2n) is 6.41. The lowest BCUT2D eigenvalue weighted by Gasteiger charge is -2.23. The number of ether oxygens (including phenoxy) is 4. The second kappa shape index (κ2) is 6.56. The third-order valence-corrected chi connectivity index (χ3v) is 2.72. The lowest BCUT2D eigenvalue weighted by molar-refractivity contribution is -0.153. The molecule has 2 atom stereocenters. The van der Waals surface area contributed by atoms with Gasteiger partial charge in [-0.1, -0.05) is 0 Å². The van der Waals surface area contributed by atoms with Crippen LogP contribution in [0.15, 0.2) is 0 Å². The highest BCUT2D eigenvalue weighted by molar-refractivity contribution is 6.38. The van der Waals surface area contributed by atoms with Gasteiger partial charge in [-0.2, -0.15) is 4.79 Å². The first-order valence-corrected chi connectivity index (χ1v) is 6.89. The Labute approximate surface area is 129 Å². The maximum Gasteiger partial charge on any atom is 0.509 e. The van der Waals surface area contributed by atoms with E-state index >= 15 is 0 Å². The Morgan fingerprint density at radius 1 is 1.36 bits per heavy atom. The van der Waals surface area contributed by atoms with E-state index in [1.165, 1.54) is 6.92 Å². The molecule has 1 heterocycles. The molecule has 0 N–H and O–H groups in total. The molecule has 0 unspecified atom stereocenters. The van der Waals surface area contributed by atoms with Crippen LogP contribution in [0.2, 0.25) is 0 Å². The van der Waals surface area contributed by atoms with Gasteiger partial charge in [0.15, 0.2) is 5.79 Å². The van der Waals surface area contributed by atoms with Gasteiger partial charge in [-0.25, -0.2) is 4.79 Å². The van der Waals surface area contributed by atoms with Crippen LogP contribution in [0.5, 0.6) is 0 Å². The minimum atomic E-state index is -1.22. The quantitative estimate of drug-likeness (QED) is 0.338. The largest absolute Gasteiger partial charge is 0.509 e. The van der Waals surface area contributed by atoms with Gasteiger partial charge in [-0.15, -0.1) is 0 Å². The molecule has 8 heteroatoms. The zero-order valence-corrected chi connectivity index (χ0v) is 13.7. The third kappa shape index (κ3) is 5.22. The highest BCUT2D eigenvalue weighted by Crippen LogP contribution is 2.26. The minimum absolute atomic E-state index is 0.0762. The summed E-state index contributed by atoms with van der Waals surface area (Å²) in [6.07, 6.45) is -3.00. The second-order valence-corrected chi connectivity index (χ2v) is 6.41. The van der Waals surface area contributed by atoms with Crippen LogP contribution in [0, 0.1) is 0 Å². The molecule has 8 nitrogen and oxygen atoms in total. The Morgan fingerprint density at radius 3 is 2.32 bits per heavy atom. The normalized spacial score (nSPS) is 21.6. The van der Waals surface area contributed by atoms with E-state index in [9.17, 15) is 9.59 Å². The summed E-state index contributed by atoms with van der Waals surface area (Å²) in [5.41, 5.74) is 7.94. The van der Waals surface area contributed by atoms with Crippen LogP contribution in [0.3, 0.4) is 0 Å². The summed E-state index contributed by atoms with van der Waals surface area (Å²) >= 11 is 0. The molecule has 124 valence electrons. The van der Waals surface area contributed by atoms with E-state index in [-0.39, 0.29) is 12.3 Å². The molecule has 1 fully saturated rings. The average molecular weight is 314 g/mol. The number of hydrogen-bond acceptors (Lipinski definition) is 6. The summed E-state index contributed by atoms with van der Waals surface area (Å²) in [5.74, 6) is -1.44. The van der Waals surface area contributed by atoms with Crippen molar-refractivity contribution >= 4 is 17.7 Å². The fourth-order valence-corrected chi connectivity index (χ4v) is 1.88. The number of Topliss-reactive ketones (excluding diaryl/α,β-unsaturated/α-hetero) is 1. The predicted molar refractivity (Wildman–Crippen MR) is 75.3 cm³/mol. The standard InChI is InChI=1S/C14H22N2O6/c1-8(17)10(16-15)11(9-7-19-14(5,6)21-9)20-12(18)22-13(2,3)4/h9,11H,7H2,1-6H3/t9-,11-/m1/s1. The van der Waals surface area contributed by atoms with Gasteiger partial charge in [0.05, 0.1) is 6.61 Å². The maximum absolute atomic E-state index is 11.8. The molecule has 0 aromatic heterocycles. The molecule has 22 heavy (non-hydrogen) atoms. The molecular formula is C14H22N2O6. The summed E-state index contributed by atoms with van der Waals surface area (Å²) in [6, 6.07) is 0. The minimum Gasteiger partial charge on any atom is -0.429 e. The molecule has 1 aliphatic heterocycles. The van der Waals surface area contributed by atoms with Crippen molar-refractivity contribution in [1.82, 2.24) is 0 Å². The first kappa shape index (κ1) is 18.3. The van der Waals surface area contributed by atoms with E-state index in [0.29, 0.717) is 0 Å². The molecule has 1 rings (SSSR count). The van der Waals surface area contributed by atoms with Crippen molar-refractivity contribution < 1.29 is 33.3 Å². The molecule has 0 saturated carbocycles. The van der Waals surface area contributed by atoms with Crippen LogP contribution in [0.25, 0.3) is 5.53 Å². The van der Waals surface area contributed by atoms with E-state index in [2.05, 4.69) is 4.79 Å². The Morgan fingerprint density at radius 2 is 1.95 bits per heavy atom. The third-order valence-electron chi connectivity index (χ3n) is 2.72. The zero-order chi connectivity index (χ0) is 17.1. The fourth-order valence-electron chi connectivity index (χ4n) is 1.88. The Kier molecular flexibility index (Phi) is 5.45. The van der Waals surface area contributed by atoms with Crippen molar-refractivity contribution in [2.24, 2.45) is 0 Å². The maximum atomic E-state index is 11.8. The van der Waals surface area contributed by atoms with Gasteiger partial charge < -0.3 is 24.5 Å². The lowest BCUT2D eigenvalue weighted by atomic mass is 10.1. The molecule has 0 aromatic carbocycles. The van der Waals surface area contributed by atoms with E-state index in [4.69, 9.17) is 24.5 Å². The molecule has 1 saturated heterocycles. The molecule has 0 aromatic rings. The van der Waals surface area contributed by atoms with Crippen molar-refractivity contribution in [3.8, 4) is 0 Å². The molecular weight excluding hydrogens is 292 g/mol. The van der Waals surface area contributed by atoms with Gasteiger partial charge in [0.1, 0.15) is 11.7 Å². The molecule has 0 radical (unpaired) electrons. The summed E-state index contributed by atoms with van der Waals surface area (Å²) < 4.78 is 21.2. The van der Waals surface area contributed by atoms with Crippen molar-refractivity contribution in [1.29, 1.82) is 0 Å². The van der Waals surface area contributed by atoms with Gasteiger partial charge in [0, 0.05) is 6.92 Å². The first-order valence-electron chi connectivity index (χ1n) is 6.89. The molecule has 1 aliphatic rings. The summed E-state index contributed by atoms with van der Waals surface area (Å²) in [4.78, 5) is 26.4. The highest BCUT2D eigenvalue weighted by Gasteiger charge is 2.47. The Bertz CT molecular complexity index is 502. The average Bonchev–Trinajstić information content (AvgIpc) is 2.66. The monoisotopic (exact) mass is 314 g/mol. The molecule has 0 spiro atoms.